The van der Waals surface area contributed by atoms with E-state index in [9.17, 15) is 9.59 Å². The zero-order valence-corrected chi connectivity index (χ0v) is 24.2. The van der Waals surface area contributed by atoms with Crippen LogP contribution in [0.3, 0.4) is 0 Å². The largest absolute Gasteiger partial charge is 0.459 e. The summed E-state index contributed by atoms with van der Waals surface area (Å²) < 4.78 is 11.2. The minimum Gasteiger partial charge on any atom is -0.459 e. The second kappa shape index (κ2) is 13.4. The van der Waals surface area contributed by atoms with Gasteiger partial charge in [0.15, 0.2) is 0 Å². The van der Waals surface area contributed by atoms with Crippen LogP contribution in [0.5, 0.6) is 0 Å². The molecule has 4 aromatic carbocycles. The number of benzene rings is 4. The average molecular weight is 555 g/mol. The van der Waals surface area contributed by atoms with E-state index in [0.717, 1.165) is 5.56 Å². The molecule has 4 aromatic rings. The lowest BCUT2D eigenvalue weighted by atomic mass is 10.2. The lowest BCUT2D eigenvalue weighted by Crippen LogP contribution is -2.45. The van der Waals surface area contributed by atoms with Gasteiger partial charge in [0.25, 0.3) is 0 Å². The summed E-state index contributed by atoms with van der Waals surface area (Å²) in [6.07, 6.45) is 0.378. The molecule has 1 N–H and O–H groups in total. The minimum absolute atomic E-state index is 0.127. The maximum atomic E-state index is 13.5. The lowest BCUT2D eigenvalue weighted by Gasteiger charge is -2.29. The predicted octanol–water partition coefficient (Wildman–Crippen LogP) is 6.01. The third kappa shape index (κ3) is 7.58. The Kier molecular flexibility index (Phi) is 9.74. The zero-order valence-electron chi connectivity index (χ0n) is 23.3. The number of ether oxygens (including phenoxy) is 2. The van der Waals surface area contributed by atoms with Gasteiger partial charge in [-0.05, 0) is 62.7 Å². The maximum absolute atomic E-state index is 13.5. The van der Waals surface area contributed by atoms with Crippen LogP contribution < -0.4 is 21.2 Å². The number of carbonyl (C=O) groups excluding carboxylic acids is 2. The molecule has 0 aromatic heterocycles. The lowest BCUT2D eigenvalue weighted by molar-refractivity contribution is -0.147. The van der Waals surface area contributed by atoms with Crippen molar-refractivity contribution >= 4 is 35.2 Å². The molecule has 0 aliphatic rings. The fourth-order valence-corrected chi connectivity index (χ4v) is 9.09. The number of esters is 1. The summed E-state index contributed by atoms with van der Waals surface area (Å²) in [7, 11) is -2.21. The van der Waals surface area contributed by atoms with Crippen molar-refractivity contribution in [2.75, 3.05) is 6.16 Å². The van der Waals surface area contributed by atoms with E-state index in [1.165, 1.54) is 15.9 Å². The molecule has 0 unspecified atom stereocenters. The molecule has 4 rings (SSSR count). The molecule has 1 amide bonds. The Bertz CT molecular complexity index is 1260. The summed E-state index contributed by atoms with van der Waals surface area (Å²) in [4.78, 5) is 26.3. The Labute approximate surface area is 237 Å². The van der Waals surface area contributed by atoms with Gasteiger partial charge in [-0.25, -0.2) is 9.59 Å². The van der Waals surface area contributed by atoms with Crippen LogP contribution in [0.15, 0.2) is 121 Å². The van der Waals surface area contributed by atoms with E-state index in [4.69, 9.17) is 9.47 Å². The van der Waals surface area contributed by atoms with Gasteiger partial charge in [0.2, 0.25) is 0 Å². The third-order valence-electron chi connectivity index (χ3n) is 6.54. The van der Waals surface area contributed by atoms with Crippen LogP contribution >= 0.6 is 7.26 Å². The van der Waals surface area contributed by atoms with Gasteiger partial charge in [-0.1, -0.05) is 84.9 Å². The molecule has 0 heterocycles. The highest BCUT2D eigenvalue weighted by Crippen LogP contribution is 2.55. The van der Waals surface area contributed by atoms with Crippen molar-refractivity contribution in [3.05, 3.63) is 127 Å². The van der Waals surface area contributed by atoms with Crippen molar-refractivity contribution in [3.63, 3.8) is 0 Å². The Morgan fingerprint density at radius 2 is 1.12 bits per heavy atom. The maximum Gasteiger partial charge on any atom is 0.408 e. The Morgan fingerprint density at radius 1 is 0.700 bits per heavy atom. The van der Waals surface area contributed by atoms with Crippen molar-refractivity contribution in [1.82, 2.24) is 5.32 Å². The van der Waals surface area contributed by atoms with Crippen LogP contribution in [0.25, 0.3) is 0 Å². The number of rotatable bonds is 10. The first kappa shape index (κ1) is 29.0. The molecule has 0 radical (unpaired) electrons. The molecule has 206 valence electrons. The van der Waals surface area contributed by atoms with Gasteiger partial charge in [0.05, 0.1) is 6.16 Å². The first-order chi connectivity index (χ1) is 19.3. The summed E-state index contributed by atoms with van der Waals surface area (Å²) >= 11 is 0. The van der Waals surface area contributed by atoms with Gasteiger partial charge in [-0.2, -0.15) is 0 Å². The monoisotopic (exact) mass is 554 g/mol. The number of hydrogen-bond acceptors (Lipinski definition) is 4. The van der Waals surface area contributed by atoms with E-state index in [1.807, 2.05) is 48.5 Å². The zero-order chi connectivity index (χ0) is 28.4. The quantitative estimate of drug-likeness (QED) is 0.193. The third-order valence-corrected chi connectivity index (χ3v) is 11.0. The summed E-state index contributed by atoms with van der Waals surface area (Å²) in [5.74, 6) is -0.484. The summed E-state index contributed by atoms with van der Waals surface area (Å²) in [5, 5.41) is 6.45. The average Bonchev–Trinajstić information content (AvgIpc) is 2.97. The minimum atomic E-state index is -2.21. The molecular formula is C34H37NO4P+. The molecule has 0 spiro atoms. The number of hydrogen-bond donors (Lipinski definition) is 1. The standard InChI is InChI=1S/C34H36NO4P/c1-34(2,3)39-33(37)35-31(32(36)38-26-27-16-8-4-9-17-27)24-25-40(28-18-10-5-11-19-28,29-20-12-6-13-21-29)30-22-14-7-15-23-30/h4-23,31H,24-26H2,1-3H3/p+1/t31-/m0/s1. The summed E-state index contributed by atoms with van der Waals surface area (Å²) in [6.45, 7) is 5.52. The van der Waals surface area contributed by atoms with Gasteiger partial charge >= 0.3 is 12.1 Å². The van der Waals surface area contributed by atoms with Crippen molar-refractivity contribution in [2.45, 2.75) is 45.4 Å². The van der Waals surface area contributed by atoms with Crippen LogP contribution in [0.2, 0.25) is 0 Å². The topological polar surface area (TPSA) is 64.6 Å². The smallest absolute Gasteiger partial charge is 0.408 e. The second-order valence-corrected chi connectivity index (χ2v) is 14.2. The molecular weight excluding hydrogens is 517 g/mol. The highest BCUT2D eigenvalue weighted by molar-refractivity contribution is 7.95. The van der Waals surface area contributed by atoms with E-state index < -0.39 is 31.0 Å². The highest BCUT2D eigenvalue weighted by atomic mass is 31.2. The Hall–Kier alpha value is -3.95. The summed E-state index contributed by atoms with van der Waals surface area (Å²) in [5.41, 5.74) is 0.184. The van der Waals surface area contributed by atoms with Crippen molar-refractivity contribution < 1.29 is 19.1 Å². The van der Waals surface area contributed by atoms with Crippen LogP contribution in [-0.2, 0) is 20.9 Å². The van der Waals surface area contributed by atoms with Gasteiger partial charge in [-0.3, -0.25) is 0 Å². The van der Waals surface area contributed by atoms with Gasteiger partial charge in [0.1, 0.15) is 41.4 Å². The van der Waals surface area contributed by atoms with Crippen LogP contribution in [0.1, 0.15) is 32.8 Å². The van der Waals surface area contributed by atoms with E-state index in [0.29, 0.717) is 12.6 Å². The fourth-order valence-electron chi connectivity index (χ4n) is 4.73. The summed E-state index contributed by atoms with van der Waals surface area (Å²) in [6, 6.07) is 40.0. The van der Waals surface area contributed by atoms with Gasteiger partial charge < -0.3 is 14.8 Å². The van der Waals surface area contributed by atoms with E-state index in [2.05, 4.69) is 78.1 Å². The highest BCUT2D eigenvalue weighted by Gasteiger charge is 2.46. The van der Waals surface area contributed by atoms with Crippen LogP contribution in [0, 0.1) is 0 Å². The molecule has 0 fully saturated rings. The molecule has 0 saturated carbocycles. The first-order valence-corrected chi connectivity index (χ1v) is 15.5. The van der Waals surface area contributed by atoms with Gasteiger partial charge in [0, 0.05) is 6.42 Å². The molecule has 1 atom stereocenters. The van der Waals surface area contributed by atoms with Crippen molar-refractivity contribution in [2.24, 2.45) is 0 Å². The molecule has 0 saturated heterocycles. The predicted molar refractivity (Wildman–Crippen MR) is 164 cm³/mol. The van der Waals surface area contributed by atoms with E-state index in [1.54, 1.807) is 20.8 Å². The van der Waals surface area contributed by atoms with Crippen molar-refractivity contribution in [1.29, 1.82) is 0 Å². The number of amides is 1. The number of carbonyl (C=O) groups is 2. The molecule has 6 heteroatoms. The van der Waals surface area contributed by atoms with Gasteiger partial charge in [-0.15, -0.1) is 0 Å². The van der Waals surface area contributed by atoms with E-state index >= 15 is 0 Å². The van der Waals surface area contributed by atoms with Crippen LogP contribution in [-0.4, -0.2) is 29.9 Å². The first-order valence-electron chi connectivity index (χ1n) is 13.5. The Balaban J connectivity index is 1.69. The molecule has 5 nitrogen and oxygen atoms in total. The normalized spacial score (nSPS) is 12.3. The number of nitrogens with one attached hydrogen (secondary N) is 1. The second-order valence-electron chi connectivity index (χ2n) is 10.6. The van der Waals surface area contributed by atoms with Crippen LogP contribution in [0.4, 0.5) is 4.79 Å². The SMILES string of the molecule is CC(C)(C)OC(=O)N[C@@H](CC[P+](c1ccccc1)(c1ccccc1)c1ccccc1)C(=O)OCc1ccccc1. The van der Waals surface area contributed by atoms with E-state index in [-0.39, 0.29) is 6.61 Å². The fraction of sp³-hybridized carbons (Fsp3) is 0.235. The molecule has 0 bridgehead atoms. The molecule has 40 heavy (non-hydrogen) atoms. The van der Waals surface area contributed by atoms with Crippen molar-refractivity contribution in [3.8, 4) is 0 Å². The molecule has 0 aliphatic carbocycles. The Morgan fingerprint density at radius 3 is 1.55 bits per heavy atom. The number of alkyl carbamates (subject to hydrolysis) is 1. The molecule has 0 aliphatic heterocycles.